The monoisotopic (exact) mass is 276 g/mol. The molecule has 4 nitrogen and oxygen atoms in total. The fourth-order valence-corrected chi connectivity index (χ4v) is 1.78. The van der Waals surface area contributed by atoms with Gasteiger partial charge in [-0.15, -0.1) is 0 Å². The van der Waals surface area contributed by atoms with E-state index >= 15 is 0 Å². The van der Waals surface area contributed by atoms with E-state index in [0.29, 0.717) is 30.3 Å². The lowest BCUT2D eigenvalue weighted by Gasteiger charge is -2.11. The molecule has 1 aromatic carbocycles. The molecule has 2 aromatic rings. The Morgan fingerprint density at radius 2 is 2.05 bits per heavy atom. The Kier molecular flexibility index (Phi) is 4.90. The van der Waals surface area contributed by atoms with Crippen LogP contribution in [0.4, 0.5) is 4.39 Å². The molecule has 0 aliphatic heterocycles. The Hall–Kier alpha value is -2.14. The Balaban J connectivity index is 2.22. The molecule has 106 valence electrons. The molecule has 0 aliphatic carbocycles. The summed E-state index contributed by atoms with van der Waals surface area (Å²) in [6, 6.07) is 8.67. The van der Waals surface area contributed by atoms with Gasteiger partial charge in [0.05, 0.1) is 12.8 Å². The summed E-state index contributed by atoms with van der Waals surface area (Å²) in [7, 11) is 1.78. The molecule has 0 saturated heterocycles. The van der Waals surface area contributed by atoms with Crippen molar-refractivity contribution in [3.05, 3.63) is 47.9 Å². The Morgan fingerprint density at radius 3 is 2.80 bits per heavy atom. The maximum Gasteiger partial charge on any atom is 0.223 e. The van der Waals surface area contributed by atoms with Crippen molar-refractivity contribution in [3.8, 4) is 17.4 Å². The maximum atomic E-state index is 13.2. The Morgan fingerprint density at radius 1 is 1.25 bits per heavy atom. The van der Waals surface area contributed by atoms with Crippen LogP contribution in [0.15, 0.2) is 36.5 Å². The smallest absolute Gasteiger partial charge is 0.223 e. The van der Waals surface area contributed by atoms with Gasteiger partial charge < -0.3 is 14.8 Å². The highest BCUT2D eigenvalue weighted by Gasteiger charge is 2.08. The van der Waals surface area contributed by atoms with Gasteiger partial charge in [-0.3, -0.25) is 0 Å². The lowest BCUT2D eigenvalue weighted by atomic mass is 10.2. The molecule has 0 fully saturated rings. The van der Waals surface area contributed by atoms with Crippen LogP contribution < -0.4 is 14.8 Å². The first-order valence-corrected chi connectivity index (χ1v) is 6.42. The largest absolute Gasteiger partial charge is 0.494 e. The van der Waals surface area contributed by atoms with Crippen molar-refractivity contribution < 1.29 is 13.9 Å². The van der Waals surface area contributed by atoms with Crippen LogP contribution in [-0.2, 0) is 6.54 Å². The summed E-state index contributed by atoms with van der Waals surface area (Å²) < 4.78 is 24.3. The summed E-state index contributed by atoms with van der Waals surface area (Å²) in [4.78, 5) is 3.99. The summed E-state index contributed by atoms with van der Waals surface area (Å²) in [5, 5.41) is 2.96. The molecule has 5 heteroatoms. The number of benzene rings is 1. The zero-order valence-corrected chi connectivity index (χ0v) is 11.5. The van der Waals surface area contributed by atoms with Crippen molar-refractivity contribution in [2.45, 2.75) is 13.5 Å². The van der Waals surface area contributed by atoms with E-state index in [1.165, 1.54) is 6.07 Å². The van der Waals surface area contributed by atoms with Crippen LogP contribution >= 0.6 is 0 Å². The van der Waals surface area contributed by atoms with Crippen molar-refractivity contribution in [2.24, 2.45) is 0 Å². The molecular formula is C15H17FN2O2. The van der Waals surface area contributed by atoms with E-state index < -0.39 is 0 Å². The van der Waals surface area contributed by atoms with Crippen LogP contribution in [-0.4, -0.2) is 18.6 Å². The number of ether oxygens (including phenoxy) is 2. The number of nitrogens with one attached hydrogen (secondary N) is 1. The van der Waals surface area contributed by atoms with Crippen molar-refractivity contribution >= 4 is 0 Å². The number of rotatable bonds is 6. The molecule has 0 saturated carbocycles. The van der Waals surface area contributed by atoms with Crippen molar-refractivity contribution in [3.63, 3.8) is 0 Å². The summed E-state index contributed by atoms with van der Waals surface area (Å²) >= 11 is 0. The van der Waals surface area contributed by atoms with E-state index in [2.05, 4.69) is 10.3 Å². The second-order valence-electron chi connectivity index (χ2n) is 4.16. The van der Waals surface area contributed by atoms with Crippen LogP contribution in [0.5, 0.6) is 17.4 Å². The number of aromatic nitrogens is 1. The second-order valence-corrected chi connectivity index (χ2v) is 4.16. The predicted molar refractivity (Wildman–Crippen MR) is 74.6 cm³/mol. The maximum absolute atomic E-state index is 13.2. The molecule has 1 aromatic heterocycles. The lowest BCUT2D eigenvalue weighted by Crippen LogP contribution is -2.07. The van der Waals surface area contributed by atoms with Gasteiger partial charge in [-0.2, -0.15) is 0 Å². The van der Waals surface area contributed by atoms with Gasteiger partial charge >= 0.3 is 0 Å². The van der Waals surface area contributed by atoms with Crippen LogP contribution in [0.1, 0.15) is 12.5 Å². The highest BCUT2D eigenvalue weighted by Crippen LogP contribution is 2.26. The third-order valence-corrected chi connectivity index (χ3v) is 2.59. The first-order valence-electron chi connectivity index (χ1n) is 6.42. The molecule has 0 amide bonds. The molecule has 1 N–H and O–H groups in total. The molecule has 20 heavy (non-hydrogen) atoms. The van der Waals surface area contributed by atoms with E-state index in [9.17, 15) is 4.39 Å². The van der Waals surface area contributed by atoms with Crippen LogP contribution in [0.3, 0.4) is 0 Å². The van der Waals surface area contributed by atoms with E-state index in [1.807, 2.05) is 19.1 Å². The van der Waals surface area contributed by atoms with Gasteiger partial charge in [0.2, 0.25) is 5.88 Å². The average molecular weight is 276 g/mol. The van der Waals surface area contributed by atoms with E-state index in [0.717, 1.165) is 11.9 Å². The van der Waals surface area contributed by atoms with E-state index in [1.54, 1.807) is 19.2 Å². The third kappa shape index (κ3) is 3.68. The second kappa shape index (κ2) is 6.86. The van der Waals surface area contributed by atoms with Gasteiger partial charge in [0.25, 0.3) is 0 Å². The molecule has 0 aliphatic rings. The summed E-state index contributed by atoms with van der Waals surface area (Å²) in [5.41, 5.74) is 0.661. The number of pyridine rings is 1. The summed E-state index contributed by atoms with van der Waals surface area (Å²) in [6.45, 7) is 2.98. The fourth-order valence-electron chi connectivity index (χ4n) is 1.78. The minimum Gasteiger partial charge on any atom is -0.494 e. The molecule has 0 bridgehead atoms. The minimum absolute atomic E-state index is 0.384. The van der Waals surface area contributed by atoms with E-state index in [4.69, 9.17) is 9.47 Å². The van der Waals surface area contributed by atoms with Crippen molar-refractivity contribution in [1.82, 2.24) is 10.3 Å². The number of nitrogens with zero attached hydrogens (tertiary/aromatic N) is 1. The molecule has 0 atom stereocenters. The molecular weight excluding hydrogens is 259 g/mol. The number of hydrogen-bond acceptors (Lipinski definition) is 4. The molecule has 0 radical (unpaired) electrons. The van der Waals surface area contributed by atoms with Gasteiger partial charge in [-0.25, -0.2) is 9.37 Å². The zero-order chi connectivity index (χ0) is 14.4. The minimum atomic E-state index is -0.384. The van der Waals surface area contributed by atoms with Gasteiger partial charge in [-0.05, 0) is 32.2 Å². The van der Waals surface area contributed by atoms with Gasteiger partial charge in [0.15, 0.2) is 0 Å². The van der Waals surface area contributed by atoms with E-state index in [-0.39, 0.29) is 5.82 Å². The highest BCUT2D eigenvalue weighted by molar-refractivity contribution is 5.37. The summed E-state index contributed by atoms with van der Waals surface area (Å²) in [6.07, 6.45) is 1.14. The quantitative estimate of drug-likeness (QED) is 0.880. The SMILES string of the molecule is CCOc1cccc(Oc2ncc(F)cc2CNC)c1. The van der Waals surface area contributed by atoms with Gasteiger partial charge in [0.1, 0.15) is 17.3 Å². The normalized spacial score (nSPS) is 10.3. The zero-order valence-electron chi connectivity index (χ0n) is 11.5. The molecule has 0 spiro atoms. The van der Waals surface area contributed by atoms with Gasteiger partial charge in [-0.1, -0.05) is 6.07 Å². The average Bonchev–Trinajstić information content (AvgIpc) is 2.43. The lowest BCUT2D eigenvalue weighted by molar-refractivity contribution is 0.337. The van der Waals surface area contributed by atoms with Crippen LogP contribution in [0, 0.1) is 5.82 Å². The Labute approximate surface area is 117 Å². The van der Waals surface area contributed by atoms with Gasteiger partial charge in [0, 0.05) is 18.2 Å². The molecule has 2 rings (SSSR count). The molecule has 0 unspecified atom stereocenters. The third-order valence-electron chi connectivity index (χ3n) is 2.59. The molecule has 1 heterocycles. The first-order chi connectivity index (χ1) is 9.72. The summed E-state index contributed by atoms with van der Waals surface area (Å²) in [5.74, 6) is 1.33. The van der Waals surface area contributed by atoms with Crippen molar-refractivity contribution in [2.75, 3.05) is 13.7 Å². The van der Waals surface area contributed by atoms with Crippen LogP contribution in [0.2, 0.25) is 0 Å². The standard InChI is InChI=1S/C15H17FN2O2/c1-3-19-13-5-4-6-14(8-13)20-15-11(9-17-2)7-12(16)10-18-15/h4-8,10,17H,3,9H2,1-2H3. The van der Waals surface area contributed by atoms with Crippen LogP contribution in [0.25, 0.3) is 0 Å². The number of hydrogen-bond donors (Lipinski definition) is 1. The number of halogens is 1. The fraction of sp³-hybridized carbons (Fsp3) is 0.267. The highest BCUT2D eigenvalue weighted by atomic mass is 19.1. The first kappa shape index (κ1) is 14.3. The topological polar surface area (TPSA) is 43.4 Å². The van der Waals surface area contributed by atoms with Crippen molar-refractivity contribution in [1.29, 1.82) is 0 Å². The Bertz CT molecular complexity index is 576. The predicted octanol–water partition coefficient (Wildman–Crippen LogP) is 3.13.